The molecule has 8 nitrogen and oxygen atoms in total. The number of rotatable bonds is 4. The van der Waals surface area contributed by atoms with Crippen LogP contribution in [0.5, 0.6) is 0 Å². The number of hydrogen-bond acceptors (Lipinski definition) is 7. The minimum atomic E-state index is -3.76. The third kappa shape index (κ3) is 3.37. The van der Waals surface area contributed by atoms with Crippen molar-refractivity contribution in [1.29, 1.82) is 0 Å². The topological polar surface area (TPSA) is 96.1 Å². The molecule has 0 bridgehead atoms. The Bertz CT molecular complexity index is 735. The summed E-state index contributed by atoms with van der Waals surface area (Å²) in [6.07, 6.45) is 0. The van der Waals surface area contributed by atoms with Crippen molar-refractivity contribution >= 4 is 38.8 Å². The minimum absolute atomic E-state index is 0.0164. The molecule has 1 heterocycles. The highest BCUT2D eigenvalue weighted by atomic mass is 32.2. The van der Waals surface area contributed by atoms with Gasteiger partial charge in [-0.3, -0.25) is 10.1 Å². The number of isothiocyanates is 1. The Morgan fingerprint density at radius 2 is 1.95 bits per heavy atom. The van der Waals surface area contributed by atoms with Crippen LogP contribution >= 0.6 is 12.2 Å². The molecule has 0 spiro atoms. The van der Waals surface area contributed by atoms with Crippen molar-refractivity contribution in [2.24, 2.45) is 4.99 Å². The summed E-state index contributed by atoms with van der Waals surface area (Å²) in [5, 5.41) is 13.1. The number of thiocarbonyl (C=S) groups is 1. The van der Waals surface area contributed by atoms with E-state index in [9.17, 15) is 18.5 Å². The molecule has 118 valence electrons. The first-order valence-corrected chi connectivity index (χ1v) is 8.26. The van der Waals surface area contributed by atoms with Crippen molar-refractivity contribution in [3.63, 3.8) is 0 Å². The first-order valence-electron chi connectivity index (χ1n) is 6.41. The number of aliphatic imine (C=N–C) groups is 1. The van der Waals surface area contributed by atoms with Crippen LogP contribution in [0.2, 0.25) is 0 Å². The molecule has 0 aromatic heterocycles. The molecule has 0 saturated carbocycles. The van der Waals surface area contributed by atoms with Crippen molar-refractivity contribution in [2.45, 2.75) is 4.90 Å². The molecule has 10 heteroatoms. The van der Waals surface area contributed by atoms with Crippen LogP contribution in [-0.4, -0.2) is 60.9 Å². The minimum Gasteiger partial charge on any atom is -0.304 e. The molecular formula is C12H14N4O4S2. The van der Waals surface area contributed by atoms with Gasteiger partial charge in [0, 0.05) is 32.2 Å². The lowest BCUT2D eigenvalue weighted by molar-refractivity contribution is -0.384. The molecule has 0 N–H and O–H groups in total. The number of nitrogens with zero attached hydrogens (tertiary/aromatic N) is 4. The monoisotopic (exact) mass is 342 g/mol. The summed E-state index contributed by atoms with van der Waals surface area (Å²) in [5.74, 6) is 0. The predicted molar refractivity (Wildman–Crippen MR) is 84.0 cm³/mol. The van der Waals surface area contributed by atoms with E-state index in [0.717, 1.165) is 6.07 Å². The fourth-order valence-electron chi connectivity index (χ4n) is 2.13. The van der Waals surface area contributed by atoms with Crippen LogP contribution in [0.4, 0.5) is 11.4 Å². The fourth-order valence-corrected chi connectivity index (χ4v) is 3.67. The molecule has 0 unspecified atom stereocenters. The Kier molecular flexibility index (Phi) is 4.99. The van der Waals surface area contributed by atoms with Gasteiger partial charge in [0.1, 0.15) is 0 Å². The second-order valence-corrected chi connectivity index (χ2v) is 6.94. The van der Waals surface area contributed by atoms with Gasteiger partial charge in [-0.2, -0.15) is 9.30 Å². The van der Waals surface area contributed by atoms with Gasteiger partial charge in [-0.05, 0) is 31.4 Å². The Morgan fingerprint density at radius 1 is 1.32 bits per heavy atom. The summed E-state index contributed by atoms with van der Waals surface area (Å²) in [7, 11) is -1.85. The van der Waals surface area contributed by atoms with E-state index in [0.29, 0.717) is 26.2 Å². The number of hydrogen-bond donors (Lipinski definition) is 0. The van der Waals surface area contributed by atoms with Gasteiger partial charge in [0.2, 0.25) is 10.0 Å². The molecule has 0 atom stereocenters. The zero-order chi connectivity index (χ0) is 16.3. The summed E-state index contributed by atoms with van der Waals surface area (Å²) in [6.45, 7) is 1.95. The SMILES string of the molecule is CN1CCN(S(=O)(=O)c2ccc(N=C=S)c([N+](=O)[O-])c2)CC1. The molecule has 1 aliphatic rings. The third-order valence-electron chi connectivity index (χ3n) is 3.41. The second kappa shape index (κ2) is 6.59. The maximum atomic E-state index is 12.6. The summed E-state index contributed by atoms with van der Waals surface area (Å²) in [6, 6.07) is 3.58. The summed E-state index contributed by atoms with van der Waals surface area (Å²) < 4.78 is 26.4. The zero-order valence-electron chi connectivity index (χ0n) is 11.8. The van der Waals surface area contributed by atoms with Crippen LogP contribution < -0.4 is 0 Å². The van der Waals surface area contributed by atoms with Gasteiger partial charge in [0.05, 0.1) is 15.0 Å². The van der Waals surface area contributed by atoms with Gasteiger partial charge < -0.3 is 4.90 Å². The molecule has 0 aliphatic carbocycles. The molecule has 0 amide bonds. The van der Waals surface area contributed by atoms with Crippen LogP contribution in [0.15, 0.2) is 28.1 Å². The standard InChI is InChI=1S/C12H14N4O4S2/c1-14-4-6-15(7-5-14)22(19,20)10-2-3-11(13-9-21)12(8-10)16(17)18/h2-3,8H,4-7H2,1H3. The predicted octanol–water partition coefficient (Wildman–Crippen LogP) is 1.27. The van der Waals surface area contributed by atoms with Gasteiger partial charge in [0.25, 0.3) is 5.69 Å². The lowest BCUT2D eigenvalue weighted by atomic mass is 10.3. The molecule has 22 heavy (non-hydrogen) atoms. The van der Waals surface area contributed by atoms with Crippen LogP contribution in [0, 0.1) is 10.1 Å². The van der Waals surface area contributed by atoms with Crippen LogP contribution in [0.1, 0.15) is 0 Å². The van der Waals surface area contributed by atoms with E-state index >= 15 is 0 Å². The largest absolute Gasteiger partial charge is 0.304 e. The Hall–Kier alpha value is -1.71. The fraction of sp³-hybridized carbons (Fsp3) is 0.417. The summed E-state index contributed by atoms with van der Waals surface area (Å²) >= 11 is 4.43. The average molecular weight is 342 g/mol. The molecule has 1 saturated heterocycles. The van der Waals surface area contributed by atoms with Crippen LogP contribution in [0.25, 0.3) is 0 Å². The summed E-state index contributed by atoms with van der Waals surface area (Å²) in [5.41, 5.74) is -0.426. The van der Waals surface area contributed by atoms with Crippen LogP contribution in [-0.2, 0) is 10.0 Å². The Balaban J connectivity index is 2.41. The highest BCUT2D eigenvalue weighted by molar-refractivity contribution is 7.89. The number of piperazine rings is 1. The lowest BCUT2D eigenvalue weighted by Crippen LogP contribution is -2.47. The third-order valence-corrected chi connectivity index (χ3v) is 5.40. The van der Waals surface area contributed by atoms with E-state index < -0.39 is 20.6 Å². The molecular weight excluding hydrogens is 328 g/mol. The van der Waals surface area contributed by atoms with Crippen molar-refractivity contribution in [3.05, 3.63) is 28.3 Å². The van der Waals surface area contributed by atoms with Gasteiger partial charge in [-0.1, -0.05) is 0 Å². The van der Waals surface area contributed by atoms with E-state index in [1.165, 1.54) is 16.4 Å². The Labute approximate surface area is 133 Å². The average Bonchev–Trinajstić information content (AvgIpc) is 2.48. The lowest BCUT2D eigenvalue weighted by Gasteiger charge is -2.31. The van der Waals surface area contributed by atoms with Gasteiger partial charge >= 0.3 is 0 Å². The molecule has 2 rings (SSSR count). The van der Waals surface area contributed by atoms with Crippen LogP contribution in [0.3, 0.4) is 0 Å². The van der Waals surface area contributed by atoms with Crippen molar-refractivity contribution < 1.29 is 13.3 Å². The van der Waals surface area contributed by atoms with Crippen molar-refractivity contribution in [2.75, 3.05) is 33.2 Å². The van der Waals surface area contributed by atoms with Crippen molar-refractivity contribution in [1.82, 2.24) is 9.21 Å². The first kappa shape index (κ1) is 16.7. The highest BCUT2D eigenvalue weighted by Gasteiger charge is 2.29. The maximum Gasteiger partial charge on any atom is 0.297 e. The Morgan fingerprint density at radius 3 is 2.50 bits per heavy atom. The molecule has 0 radical (unpaired) electrons. The molecule has 1 aromatic rings. The first-order chi connectivity index (χ1) is 10.4. The molecule has 1 aromatic carbocycles. The zero-order valence-corrected chi connectivity index (χ0v) is 13.4. The summed E-state index contributed by atoms with van der Waals surface area (Å²) in [4.78, 5) is 15.9. The maximum absolute atomic E-state index is 12.6. The number of nitro benzene ring substituents is 1. The number of nitro groups is 1. The van der Waals surface area contributed by atoms with Crippen molar-refractivity contribution in [3.8, 4) is 0 Å². The number of likely N-dealkylation sites (N-methyl/N-ethyl adjacent to an activating group) is 1. The van der Waals surface area contributed by atoms with E-state index in [1.807, 2.05) is 17.1 Å². The second-order valence-electron chi connectivity index (χ2n) is 4.82. The van der Waals surface area contributed by atoms with Gasteiger partial charge in [-0.15, -0.1) is 0 Å². The smallest absolute Gasteiger partial charge is 0.297 e. The highest BCUT2D eigenvalue weighted by Crippen LogP contribution is 2.31. The van der Waals surface area contributed by atoms with E-state index in [1.54, 1.807) is 0 Å². The normalized spacial score (nSPS) is 17.0. The quantitative estimate of drug-likeness (QED) is 0.354. The van der Waals surface area contributed by atoms with E-state index in [4.69, 9.17) is 0 Å². The van der Waals surface area contributed by atoms with Gasteiger partial charge in [-0.25, -0.2) is 8.42 Å². The number of sulfonamides is 1. The number of benzene rings is 1. The van der Waals surface area contributed by atoms with E-state index in [-0.39, 0.29) is 10.6 Å². The van der Waals surface area contributed by atoms with E-state index in [2.05, 4.69) is 17.2 Å². The molecule has 1 fully saturated rings. The van der Waals surface area contributed by atoms with Gasteiger partial charge in [0.15, 0.2) is 5.69 Å². The molecule has 1 aliphatic heterocycles.